The minimum atomic E-state index is 0.0533. The van der Waals surface area contributed by atoms with Gasteiger partial charge >= 0.3 is 0 Å². The van der Waals surface area contributed by atoms with Crippen molar-refractivity contribution in [3.63, 3.8) is 0 Å². The highest BCUT2D eigenvalue weighted by Gasteiger charge is 2.45. The van der Waals surface area contributed by atoms with Gasteiger partial charge in [-0.2, -0.15) is 0 Å². The maximum atomic E-state index is 6.25. The van der Waals surface area contributed by atoms with Crippen molar-refractivity contribution >= 4 is 18.0 Å². The molecule has 2 aromatic rings. The number of hydrogen-bond acceptors (Lipinski definition) is 5. The molecule has 0 saturated heterocycles. The number of fused-ring (bicyclic) bond motifs is 3. The normalized spacial score (nSPS) is 31.0. The summed E-state index contributed by atoms with van der Waals surface area (Å²) in [6.45, 7) is 3.04. The van der Waals surface area contributed by atoms with Crippen molar-refractivity contribution in [3.05, 3.63) is 53.6 Å². The number of nitrogens with two attached hydrogens (primary N) is 1. The van der Waals surface area contributed by atoms with Gasteiger partial charge < -0.3 is 10.3 Å². The Hall–Kier alpha value is -2.86. The molecule has 158 valence electrons. The van der Waals surface area contributed by atoms with Gasteiger partial charge in [0.1, 0.15) is 11.5 Å². The Kier molecular flexibility index (Phi) is 4.32. The van der Waals surface area contributed by atoms with Crippen molar-refractivity contribution in [2.45, 2.75) is 69.1 Å². The molecule has 0 amide bonds. The van der Waals surface area contributed by atoms with E-state index >= 15 is 0 Å². The number of imidazole rings is 1. The zero-order valence-corrected chi connectivity index (χ0v) is 17.9. The molecule has 2 aliphatic carbocycles. The van der Waals surface area contributed by atoms with Gasteiger partial charge in [-0.15, -0.1) is 0 Å². The Labute approximate surface area is 182 Å². The first kappa shape index (κ1) is 18.9. The van der Waals surface area contributed by atoms with E-state index in [1.165, 1.54) is 17.1 Å². The van der Waals surface area contributed by atoms with Gasteiger partial charge in [-0.1, -0.05) is 18.2 Å². The largest absolute Gasteiger partial charge is 0.328 e. The Morgan fingerprint density at radius 2 is 1.84 bits per heavy atom. The molecule has 6 rings (SSSR count). The van der Waals surface area contributed by atoms with Crippen molar-refractivity contribution in [3.8, 4) is 11.4 Å². The summed E-state index contributed by atoms with van der Waals surface area (Å²) in [5, 5.41) is 0. The zero-order chi connectivity index (χ0) is 21.0. The number of pyridine rings is 1. The Morgan fingerprint density at radius 3 is 2.65 bits per heavy atom. The maximum Gasteiger partial charge on any atom is 0.116 e. The number of aromatic nitrogens is 3. The molecule has 0 aromatic carbocycles. The number of aryl methyl sites for hydroxylation is 1. The monoisotopic (exact) mass is 412 g/mol. The van der Waals surface area contributed by atoms with Crippen molar-refractivity contribution in [1.29, 1.82) is 0 Å². The molecular formula is C25H28N6. The molecule has 2 aromatic heterocycles. The van der Waals surface area contributed by atoms with Gasteiger partial charge in [-0.05, 0) is 62.8 Å². The summed E-state index contributed by atoms with van der Waals surface area (Å²) in [5.74, 6) is 1.23. The minimum Gasteiger partial charge on any atom is -0.328 e. The molecule has 6 heteroatoms. The third kappa shape index (κ3) is 3.04. The molecule has 1 fully saturated rings. The molecule has 1 spiro atoms. The summed E-state index contributed by atoms with van der Waals surface area (Å²) >= 11 is 0. The van der Waals surface area contributed by atoms with Crippen LogP contribution < -0.4 is 5.73 Å². The molecule has 0 bridgehead atoms. The van der Waals surface area contributed by atoms with Crippen molar-refractivity contribution < 1.29 is 0 Å². The van der Waals surface area contributed by atoms with E-state index in [9.17, 15) is 0 Å². The zero-order valence-electron chi connectivity index (χ0n) is 17.9. The van der Waals surface area contributed by atoms with Crippen LogP contribution >= 0.6 is 0 Å². The molecule has 1 saturated carbocycles. The van der Waals surface area contributed by atoms with Crippen LogP contribution in [0.2, 0.25) is 0 Å². The maximum absolute atomic E-state index is 6.25. The lowest BCUT2D eigenvalue weighted by molar-refractivity contribution is 0.264. The second-order valence-corrected chi connectivity index (χ2v) is 9.37. The van der Waals surface area contributed by atoms with Gasteiger partial charge in [0.25, 0.3) is 0 Å². The van der Waals surface area contributed by atoms with Gasteiger partial charge in [0, 0.05) is 36.1 Å². The highest BCUT2D eigenvalue weighted by Crippen LogP contribution is 2.48. The van der Waals surface area contributed by atoms with Gasteiger partial charge in [0.2, 0.25) is 0 Å². The van der Waals surface area contributed by atoms with E-state index < -0.39 is 0 Å². The van der Waals surface area contributed by atoms with Crippen molar-refractivity contribution in [1.82, 2.24) is 14.5 Å². The summed E-state index contributed by atoms with van der Waals surface area (Å²) in [5.41, 5.74) is 11.7. The summed E-state index contributed by atoms with van der Waals surface area (Å²) < 4.78 is 2.46. The standard InChI is InChI=1S/C25H28N6/c1-16-3-2-4-20(29-16)22-23(17-5-6-19-21(15-17)28-13-12-27-19)31-14-11-25(24(31)30-22)9-7-18(26)8-10-25/h2-6,12-13,15,18-19,21H,7-11,14,26H2,1H3/t18-,19?,21?,25-. The van der Waals surface area contributed by atoms with Crippen LogP contribution in [0.3, 0.4) is 0 Å². The molecule has 2 N–H and O–H groups in total. The van der Waals surface area contributed by atoms with Crippen LogP contribution in [-0.2, 0) is 12.0 Å². The van der Waals surface area contributed by atoms with Crippen LogP contribution in [-0.4, -0.2) is 45.1 Å². The highest BCUT2D eigenvalue weighted by atomic mass is 15.1. The summed E-state index contributed by atoms with van der Waals surface area (Å²) in [4.78, 5) is 19.3. The predicted octanol–water partition coefficient (Wildman–Crippen LogP) is 3.64. The summed E-state index contributed by atoms with van der Waals surface area (Å²) in [6, 6.07) is 6.67. The number of rotatable bonds is 2. The van der Waals surface area contributed by atoms with Crippen LogP contribution in [0.25, 0.3) is 17.0 Å². The third-order valence-corrected chi connectivity index (χ3v) is 7.40. The number of allylic oxidation sites excluding steroid dienone is 2. The molecule has 4 heterocycles. The van der Waals surface area contributed by atoms with Crippen LogP contribution in [0.1, 0.15) is 49.3 Å². The van der Waals surface area contributed by atoms with Crippen LogP contribution in [0.15, 0.2) is 46.4 Å². The molecule has 2 atom stereocenters. The Bertz CT molecular complexity index is 1140. The topological polar surface area (TPSA) is 81.5 Å². The van der Waals surface area contributed by atoms with E-state index in [0.29, 0.717) is 6.04 Å². The Morgan fingerprint density at radius 1 is 1.03 bits per heavy atom. The first-order valence-electron chi connectivity index (χ1n) is 11.4. The summed E-state index contributed by atoms with van der Waals surface area (Å²) in [6.07, 6.45) is 15.8. The lowest BCUT2D eigenvalue weighted by Gasteiger charge is -2.34. The molecule has 0 radical (unpaired) electrons. The molecule has 31 heavy (non-hydrogen) atoms. The quantitative estimate of drug-likeness (QED) is 0.818. The highest BCUT2D eigenvalue weighted by molar-refractivity contribution is 6.16. The predicted molar refractivity (Wildman–Crippen MR) is 125 cm³/mol. The van der Waals surface area contributed by atoms with Crippen LogP contribution in [0.4, 0.5) is 0 Å². The Balaban J connectivity index is 1.51. The van der Waals surface area contributed by atoms with Crippen molar-refractivity contribution in [2.75, 3.05) is 0 Å². The second-order valence-electron chi connectivity index (χ2n) is 9.37. The van der Waals surface area contributed by atoms with Gasteiger partial charge in [0.15, 0.2) is 0 Å². The minimum absolute atomic E-state index is 0.0533. The first-order valence-corrected chi connectivity index (χ1v) is 11.4. The van der Waals surface area contributed by atoms with Gasteiger partial charge in [-0.3, -0.25) is 15.0 Å². The molecule has 4 aliphatic rings. The fraction of sp³-hybridized carbons (Fsp3) is 0.440. The van der Waals surface area contributed by atoms with E-state index in [2.05, 4.69) is 44.9 Å². The van der Waals surface area contributed by atoms with Gasteiger partial charge in [0.05, 0.1) is 23.5 Å². The van der Waals surface area contributed by atoms with Crippen molar-refractivity contribution in [2.24, 2.45) is 15.7 Å². The number of nitrogens with zero attached hydrogens (tertiary/aromatic N) is 5. The van der Waals surface area contributed by atoms with Crippen LogP contribution in [0.5, 0.6) is 0 Å². The van der Waals surface area contributed by atoms with E-state index in [1.807, 2.05) is 13.0 Å². The molecule has 6 nitrogen and oxygen atoms in total. The fourth-order valence-corrected chi connectivity index (χ4v) is 5.68. The SMILES string of the molecule is Cc1cccc(-c2nc3n(c2C2=CC4N=CC=NC4C=C2)CC[C@]32CC[C@@H](N)CC2)n1. The average Bonchev–Trinajstić information content (AvgIpc) is 3.34. The lowest BCUT2D eigenvalue weighted by Crippen LogP contribution is -2.36. The summed E-state index contributed by atoms with van der Waals surface area (Å²) in [7, 11) is 0. The number of hydrogen-bond donors (Lipinski definition) is 1. The number of aliphatic imine (C=N–C) groups is 2. The second kappa shape index (κ2) is 7.09. The van der Waals surface area contributed by atoms with Gasteiger partial charge in [-0.25, -0.2) is 4.98 Å². The van der Waals surface area contributed by atoms with Crippen LogP contribution in [0, 0.1) is 6.92 Å². The fourth-order valence-electron chi connectivity index (χ4n) is 5.68. The average molecular weight is 413 g/mol. The first-order chi connectivity index (χ1) is 15.1. The molecule has 2 aliphatic heterocycles. The third-order valence-electron chi connectivity index (χ3n) is 7.40. The van der Waals surface area contributed by atoms with E-state index in [1.54, 1.807) is 12.4 Å². The van der Waals surface area contributed by atoms with E-state index in [4.69, 9.17) is 15.7 Å². The van der Waals surface area contributed by atoms with E-state index in [-0.39, 0.29) is 17.5 Å². The smallest absolute Gasteiger partial charge is 0.116 e. The molecule has 2 unspecified atom stereocenters. The lowest BCUT2D eigenvalue weighted by atomic mass is 9.71. The van der Waals surface area contributed by atoms with E-state index in [0.717, 1.165) is 55.7 Å². The molecular weight excluding hydrogens is 384 g/mol.